The molecule has 1 aromatic heterocycles. The first-order chi connectivity index (χ1) is 11.9. The second-order valence-electron chi connectivity index (χ2n) is 5.13. The maximum Gasteiger partial charge on any atom is 0.142 e. The molecule has 2 aromatic carbocycles. The molecule has 3 nitrogen and oxygen atoms in total. The molecule has 0 aliphatic rings. The molecule has 0 saturated heterocycles. The van der Waals surface area contributed by atoms with Gasteiger partial charge in [0.15, 0.2) is 0 Å². The highest BCUT2D eigenvalue weighted by Crippen LogP contribution is 2.40. The summed E-state index contributed by atoms with van der Waals surface area (Å²) < 4.78 is 14.6. The van der Waals surface area contributed by atoms with E-state index in [1.165, 1.54) is 12.1 Å². The molecular formula is C18H9BrCl2FN3. The van der Waals surface area contributed by atoms with Gasteiger partial charge >= 0.3 is 0 Å². The summed E-state index contributed by atoms with van der Waals surface area (Å²) >= 11 is 15.7. The summed E-state index contributed by atoms with van der Waals surface area (Å²) in [5, 5.41) is 9.56. The number of halogens is 4. The third-order valence-electron chi connectivity index (χ3n) is 3.62. The first-order valence-electron chi connectivity index (χ1n) is 7.03. The Morgan fingerprint density at radius 1 is 1.12 bits per heavy atom. The van der Waals surface area contributed by atoms with Gasteiger partial charge in [-0.05, 0) is 29.8 Å². The number of anilines is 1. The molecule has 0 saturated carbocycles. The molecule has 1 heterocycles. The van der Waals surface area contributed by atoms with Crippen molar-refractivity contribution in [3.05, 3.63) is 68.4 Å². The van der Waals surface area contributed by atoms with Crippen molar-refractivity contribution in [2.45, 2.75) is 0 Å². The molecule has 124 valence electrons. The molecule has 0 aliphatic carbocycles. The van der Waals surface area contributed by atoms with Crippen LogP contribution in [0.2, 0.25) is 10.0 Å². The summed E-state index contributed by atoms with van der Waals surface area (Å²) in [4.78, 5) is 4.20. The summed E-state index contributed by atoms with van der Waals surface area (Å²) in [6.07, 6.45) is 0. The van der Waals surface area contributed by atoms with E-state index >= 15 is 0 Å². The Morgan fingerprint density at radius 2 is 1.84 bits per heavy atom. The summed E-state index contributed by atoms with van der Waals surface area (Å²) in [5.41, 5.74) is 8.00. The minimum atomic E-state index is -0.617. The molecule has 0 aliphatic heterocycles. The maximum atomic E-state index is 13.9. The highest BCUT2D eigenvalue weighted by Gasteiger charge is 2.19. The maximum absolute atomic E-state index is 13.9. The van der Waals surface area contributed by atoms with Gasteiger partial charge < -0.3 is 5.73 Å². The lowest BCUT2D eigenvalue weighted by molar-refractivity contribution is 0.628. The smallest absolute Gasteiger partial charge is 0.142 e. The Hall–Kier alpha value is -2.13. The molecule has 7 heteroatoms. The fraction of sp³-hybridized carbons (Fsp3) is 0. The molecule has 0 bridgehead atoms. The lowest BCUT2D eigenvalue weighted by Gasteiger charge is -2.13. The number of benzene rings is 2. The molecule has 25 heavy (non-hydrogen) atoms. The monoisotopic (exact) mass is 435 g/mol. The molecule has 0 unspecified atom stereocenters. The normalized spacial score (nSPS) is 10.5. The van der Waals surface area contributed by atoms with Crippen molar-refractivity contribution >= 4 is 44.9 Å². The minimum Gasteiger partial charge on any atom is -0.383 e. The Kier molecular flexibility index (Phi) is 4.96. The van der Waals surface area contributed by atoms with Gasteiger partial charge in [-0.3, -0.25) is 0 Å². The van der Waals surface area contributed by atoms with Crippen LogP contribution < -0.4 is 5.73 Å². The second-order valence-corrected chi connectivity index (χ2v) is 6.76. The summed E-state index contributed by atoms with van der Waals surface area (Å²) in [7, 11) is 0. The topological polar surface area (TPSA) is 62.7 Å². The van der Waals surface area contributed by atoms with E-state index in [9.17, 15) is 9.65 Å². The molecule has 0 fully saturated rings. The SMILES string of the molecule is N#Cc1c(-c2ccccc2Br)cc(-c2c(Cl)ccc(F)c2Cl)nc1N. The third-order valence-corrected chi connectivity index (χ3v) is 5.00. The number of nitrogen functional groups attached to an aromatic ring is 1. The van der Waals surface area contributed by atoms with E-state index in [-0.39, 0.29) is 32.7 Å². The van der Waals surface area contributed by atoms with Crippen LogP contribution in [0.15, 0.2) is 46.9 Å². The van der Waals surface area contributed by atoms with Crippen LogP contribution in [0.5, 0.6) is 0 Å². The van der Waals surface area contributed by atoms with E-state index in [2.05, 4.69) is 27.0 Å². The van der Waals surface area contributed by atoms with Gasteiger partial charge in [0.25, 0.3) is 0 Å². The fourth-order valence-electron chi connectivity index (χ4n) is 2.46. The van der Waals surface area contributed by atoms with Crippen molar-refractivity contribution in [3.63, 3.8) is 0 Å². The number of rotatable bonds is 2. The highest BCUT2D eigenvalue weighted by molar-refractivity contribution is 9.10. The lowest BCUT2D eigenvalue weighted by atomic mass is 9.98. The Morgan fingerprint density at radius 3 is 2.52 bits per heavy atom. The average Bonchev–Trinajstić information content (AvgIpc) is 2.58. The van der Waals surface area contributed by atoms with E-state index in [1.54, 1.807) is 6.07 Å². The summed E-state index contributed by atoms with van der Waals surface area (Å²) in [6.45, 7) is 0. The van der Waals surface area contributed by atoms with E-state index in [0.717, 1.165) is 10.0 Å². The average molecular weight is 437 g/mol. The van der Waals surface area contributed by atoms with E-state index in [4.69, 9.17) is 28.9 Å². The molecular weight excluding hydrogens is 428 g/mol. The van der Waals surface area contributed by atoms with Crippen LogP contribution >= 0.6 is 39.1 Å². The fourth-order valence-corrected chi connectivity index (χ4v) is 3.53. The first kappa shape index (κ1) is 17.7. The number of nitrogens with two attached hydrogens (primary N) is 1. The number of pyridine rings is 1. The predicted octanol–water partition coefficient (Wildman–Crippen LogP) is 6.08. The van der Waals surface area contributed by atoms with Gasteiger partial charge in [0.2, 0.25) is 0 Å². The van der Waals surface area contributed by atoms with Crippen molar-refractivity contribution in [1.82, 2.24) is 4.98 Å². The van der Waals surface area contributed by atoms with Gasteiger partial charge in [0.05, 0.1) is 15.7 Å². The van der Waals surface area contributed by atoms with Crippen molar-refractivity contribution in [3.8, 4) is 28.5 Å². The molecule has 3 aromatic rings. The number of nitriles is 1. The molecule has 2 N–H and O–H groups in total. The zero-order chi connectivity index (χ0) is 18.1. The van der Waals surface area contributed by atoms with E-state index in [0.29, 0.717) is 5.56 Å². The van der Waals surface area contributed by atoms with Crippen molar-refractivity contribution in [2.24, 2.45) is 0 Å². The Bertz CT molecular complexity index is 1030. The Balaban J connectivity index is 2.35. The number of hydrogen-bond donors (Lipinski definition) is 1. The summed E-state index contributed by atoms with van der Waals surface area (Å²) in [6, 6.07) is 13.6. The van der Waals surface area contributed by atoms with E-state index in [1.807, 2.05) is 24.3 Å². The number of hydrogen-bond acceptors (Lipinski definition) is 3. The van der Waals surface area contributed by atoms with Gasteiger partial charge in [-0.25, -0.2) is 9.37 Å². The van der Waals surface area contributed by atoms with Crippen LogP contribution in [-0.4, -0.2) is 4.98 Å². The molecule has 0 atom stereocenters. The number of aromatic nitrogens is 1. The molecule has 0 radical (unpaired) electrons. The van der Waals surface area contributed by atoms with E-state index < -0.39 is 5.82 Å². The largest absolute Gasteiger partial charge is 0.383 e. The van der Waals surface area contributed by atoms with Crippen LogP contribution in [0.4, 0.5) is 10.2 Å². The van der Waals surface area contributed by atoms with Crippen LogP contribution in [0.1, 0.15) is 5.56 Å². The molecule has 3 rings (SSSR count). The predicted molar refractivity (Wildman–Crippen MR) is 102 cm³/mol. The van der Waals surface area contributed by atoms with Gasteiger partial charge in [-0.2, -0.15) is 5.26 Å². The van der Waals surface area contributed by atoms with Crippen molar-refractivity contribution < 1.29 is 4.39 Å². The van der Waals surface area contributed by atoms with Crippen LogP contribution in [0.3, 0.4) is 0 Å². The van der Waals surface area contributed by atoms with Gasteiger partial charge in [0, 0.05) is 15.6 Å². The standard InChI is InChI=1S/C18H9BrCl2FN3/c19-12-4-2-1-3-9(12)10-7-15(25-18(24)11(10)8-23)16-13(20)5-6-14(22)17(16)21/h1-7H,(H2,24,25). The zero-order valence-corrected chi connectivity index (χ0v) is 15.6. The van der Waals surface area contributed by atoms with Gasteiger partial charge in [-0.1, -0.05) is 57.3 Å². The van der Waals surface area contributed by atoms with Crippen LogP contribution in [0.25, 0.3) is 22.4 Å². The minimum absolute atomic E-state index is 0.0159. The van der Waals surface area contributed by atoms with Gasteiger partial charge in [0.1, 0.15) is 23.3 Å². The second kappa shape index (κ2) is 7.01. The first-order valence-corrected chi connectivity index (χ1v) is 8.58. The van der Waals surface area contributed by atoms with Crippen LogP contribution in [-0.2, 0) is 0 Å². The lowest BCUT2D eigenvalue weighted by Crippen LogP contribution is -2.01. The quantitative estimate of drug-likeness (QED) is 0.495. The van der Waals surface area contributed by atoms with Crippen LogP contribution in [0, 0.1) is 17.1 Å². The summed E-state index contributed by atoms with van der Waals surface area (Å²) in [5.74, 6) is -0.601. The molecule has 0 amide bonds. The highest BCUT2D eigenvalue weighted by atomic mass is 79.9. The Labute approximate surface area is 162 Å². The molecule has 0 spiro atoms. The third kappa shape index (κ3) is 3.21. The van der Waals surface area contributed by atoms with Gasteiger partial charge in [-0.15, -0.1) is 0 Å². The zero-order valence-electron chi connectivity index (χ0n) is 12.5. The number of nitrogens with zero attached hydrogens (tertiary/aromatic N) is 2. The van der Waals surface area contributed by atoms with Crippen molar-refractivity contribution in [2.75, 3.05) is 5.73 Å². The van der Waals surface area contributed by atoms with Crippen molar-refractivity contribution in [1.29, 1.82) is 5.26 Å².